The van der Waals surface area contributed by atoms with E-state index < -0.39 is 0 Å². The van der Waals surface area contributed by atoms with Crippen LogP contribution in [0.3, 0.4) is 0 Å². The van der Waals surface area contributed by atoms with Crippen molar-refractivity contribution in [3.05, 3.63) is 0 Å². The van der Waals surface area contributed by atoms with Crippen LogP contribution in [0.1, 0.15) is 38.5 Å². The molecule has 0 spiro atoms. The van der Waals surface area contributed by atoms with Crippen molar-refractivity contribution in [1.82, 2.24) is 15.5 Å². The zero-order valence-electron chi connectivity index (χ0n) is 10.7. The Labute approximate surface area is 107 Å². The maximum atomic E-state index is 12.3. The molecule has 3 rings (SSSR count). The summed E-state index contributed by atoms with van der Waals surface area (Å²) in [5.41, 5.74) is 0. The van der Waals surface area contributed by atoms with E-state index in [1.807, 2.05) is 0 Å². The zero-order chi connectivity index (χ0) is 12.5. The normalized spacial score (nSPS) is 31.7. The van der Waals surface area contributed by atoms with E-state index in [-0.39, 0.29) is 23.9 Å². The van der Waals surface area contributed by atoms with Crippen molar-refractivity contribution >= 4 is 11.8 Å². The Morgan fingerprint density at radius 3 is 2.61 bits per heavy atom. The predicted molar refractivity (Wildman–Crippen MR) is 66.9 cm³/mol. The molecule has 2 saturated heterocycles. The van der Waals surface area contributed by atoms with Gasteiger partial charge in [0.25, 0.3) is 0 Å². The lowest BCUT2D eigenvalue weighted by molar-refractivity contribution is -0.139. The fourth-order valence-electron chi connectivity index (χ4n) is 2.92. The van der Waals surface area contributed by atoms with Gasteiger partial charge in [0.05, 0.1) is 6.04 Å². The second kappa shape index (κ2) is 4.88. The van der Waals surface area contributed by atoms with E-state index in [4.69, 9.17) is 0 Å². The third kappa shape index (κ3) is 2.36. The average molecular weight is 251 g/mol. The largest absolute Gasteiger partial charge is 0.352 e. The minimum atomic E-state index is -0.222. The van der Waals surface area contributed by atoms with Gasteiger partial charge in [0, 0.05) is 12.6 Å². The Kier molecular flexibility index (Phi) is 3.24. The van der Waals surface area contributed by atoms with Crippen molar-refractivity contribution in [3.63, 3.8) is 0 Å². The molecule has 0 aromatic rings. The molecular weight excluding hydrogens is 230 g/mol. The van der Waals surface area contributed by atoms with Crippen LogP contribution in [0.25, 0.3) is 0 Å². The van der Waals surface area contributed by atoms with E-state index in [2.05, 4.69) is 10.6 Å². The molecule has 5 heteroatoms. The highest BCUT2D eigenvalue weighted by Crippen LogP contribution is 2.23. The summed E-state index contributed by atoms with van der Waals surface area (Å²) < 4.78 is 0. The van der Waals surface area contributed by atoms with Gasteiger partial charge in [-0.25, -0.2) is 0 Å². The van der Waals surface area contributed by atoms with Gasteiger partial charge in [-0.15, -0.1) is 0 Å². The quantitative estimate of drug-likeness (QED) is 0.742. The van der Waals surface area contributed by atoms with Crippen molar-refractivity contribution in [2.24, 2.45) is 0 Å². The van der Waals surface area contributed by atoms with Gasteiger partial charge in [0.15, 0.2) is 0 Å². The first-order valence-electron chi connectivity index (χ1n) is 7.10. The second-order valence-electron chi connectivity index (χ2n) is 5.62. The number of amides is 2. The van der Waals surface area contributed by atoms with Gasteiger partial charge in [-0.2, -0.15) is 0 Å². The third-order valence-electron chi connectivity index (χ3n) is 4.12. The Hall–Kier alpha value is -1.10. The van der Waals surface area contributed by atoms with Crippen molar-refractivity contribution < 1.29 is 9.59 Å². The number of hydrogen-bond acceptors (Lipinski definition) is 3. The van der Waals surface area contributed by atoms with Crippen LogP contribution in [0, 0.1) is 0 Å². The van der Waals surface area contributed by atoms with Gasteiger partial charge >= 0.3 is 0 Å². The maximum absolute atomic E-state index is 12.3. The first-order valence-corrected chi connectivity index (χ1v) is 7.10. The number of carbonyl (C=O) groups excluding carboxylic acids is 2. The van der Waals surface area contributed by atoms with E-state index in [1.165, 1.54) is 0 Å². The molecule has 18 heavy (non-hydrogen) atoms. The number of carbonyl (C=O) groups is 2. The van der Waals surface area contributed by atoms with Crippen molar-refractivity contribution in [2.45, 2.75) is 56.7 Å². The highest BCUT2D eigenvalue weighted by atomic mass is 16.2. The molecule has 5 nitrogen and oxygen atoms in total. The molecule has 3 aliphatic rings. The molecule has 100 valence electrons. The van der Waals surface area contributed by atoms with Crippen LogP contribution >= 0.6 is 0 Å². The molecule has 0 bridgehead atoms. The lowest BCUT2D eigenvalue weighted by Gasteiger charge is -2.26. The molecule has 0 radical (unpaired) electrons. The number of nitrogens with zero attached hydrogens (tertiary/aromatic N) is 1. The molecule has 0 aromatic carbocycles. The van der Waals surface area contributed by atoms with E-state index >= 15 is 0 Å². The Balaban J connectivity index is 1.62. The number of likely N-dealkylation sites (tertiary alicyclic amines) is 1. The topological polar surface area (TPSA) is 61.4 Å². The van der Waals surface area contributed by atoms with Crippen LogP contribution in [-0.4, -0.2) is 47.9 Å². The molecule has 2 N–H and O–H groups in total. The summed E-state index contributed by atoms with van der Waals surface area (Å²) in [6, 6.07) is 0.0967. The van der Waals surface area contributed by atoms with Gasteiger partial charge < -0.3 is 15.5 Å². The first kappa shape index (κ1) is 12.0. The van der Waals surface area contributed by atoms with Crippen LogP contribution in [0.4, 0.5) is 0 Å². The van der Waals surface area contributed by atoms with E-state index in [1.54, 1.807) is 4.90 Å². The van der Waals surface area contributed by atoms with Crippen molar-refractivity contribution in [1.29, 1.82) is 0 Å². The number of rotatable bonds is 3. The lowest BCUT2D eigenvalue weighted by atomic mass is 10.1. The second-order valence-corrected chi connectivity index (χ2v) is 5.62. The minimum absolute atomic E-state index is 0.0562. The van der Waals surface area contributed by atoms with Gasteiger partial charge in [-0.05, 0) is 45.1 Å². The van der Waals surface area contributed by atoms with Crippen LogP contribution < -0.4 is 10.6 Å². The predicted octanol–water partition coefficient (Wildman–Crippen LogP) is 0.00800. The van der Waals surface area contributed by atoms with Gasteiger partial charge in [-0.3, -0.25) is 9.59 Å². The maximum Gasteiger partial charge on any atom is 0.243 e. The standard InChI is InChI=1S/C13H21N3O2/c17-12(15-9-5-6-9)11-4-2-8-16(11)13(18)10-3-1-7-14-10/h9-11,14H,1-8H2,(H,15,17)/t10-,11?/m0/s1. The minimum Gasteiger partial charge on any atom is -0.352 e. The summed E-state index contributed by atoms with van der Waals surface area (Å²) in [4.78, 5) is 26.2. The van der Waals surface area contributed by atoms with Crippen LogP contribution in [-0.2, 0) is 9.59 Å². The van der Waals surface area contributed by atoms with Gasteiger partial charge in [-0.1, -0.05) is 0 Å². The molecule has 2 aliphatic heterocycles. The summed E-state index contributed by atoms with van der Waals surface area (Å²) in [6.45, 7) is 1.66. The van der Waals surface area contributed by atoms with Gasteiger partial charge in [0.1, 0.15) is 6.04 Å². The van der Waals surface area contributed by atoms with Crippen LogP contribution in [0.2, 0.25) is 0 Å². The van der Waals surface area contributed by atoms with Gasteiger partial charge in [0.2, 0.25) is 11.8 Å². The van der Waals surface area contributed by atoms with Crippen LogP contribution in [0.15, 0.2) is 0 Å². The van der Waals surface area contributed by atoms with Crippen LogP contribution in [0.5, 0.6) is 0 Å². The first-order chi connectivity index (χ1) is 8.75. The monoisotopic (exact) mass is 251 g/mol. The SMILES string of the molecule is O=C(NC1CC1)C1CCCN1C(=O)[C@@H]1CCCN1. The summed E-state index contributed by atoms with van der Waals surface area (Å²) in [5.74, 6) is 0.183. The fourth-order valence-corrected chi connectivity index (χ4v) is 2.92. The Morgan fingerprint density at radius 2 is 1.94 bits per heavy atom. The smallest absolute Gasteiger partial charge is 0.243 e. The number of nitrogens with one attached hydrogen (secondary N) is 2. The van der Waals surface area contributed by atoms with E-state index in [0.29, 0.717) is 6.04 Å². The fraction of sp³-hybridized carbons (Fsp3) is 0.846. The Bertz CT molecular complexity index is 348. The molecule has 1 aliphatic carbocycles. The Morgan fingerprint density at radius 1 is 1.11 bits per heavy atom. The van der Waals surface area contributed by atoms with E-state index in [0.717, 1.165) is 51.6 Å². The molecule has 3 fully saturated rings. The molecule has 2 amide bonds. The highest BCUT2D eigenvalue weighted by molar-refractivity contribution is 5.90. The van der Waals surface area contributed by atoms with E-state index in [9.17, 15) is 9.59 Å². The highest BCUT2D eigenvalue weighted by Gasteiger charge is 2.39. The van der Waals surface area contributed by atoms with Crippen molar-refractivity contribution in [2.75, 3.05) is 13.1 Å². The molecule has 1 saturated carbocycles. The zero-order valence-corrected chi connectivity index (χ0v) is 10.7. The third-order valence-corrected chi connectivity index (χ3v) is 4.12. The molecule has 0 aromatic heterocycles. The molecule has 2 atom stereocenters. The average Bonchev–Trinajstić information content (AvgIpc) is 2.91. The number of hydrogen-bond donors (Lipinski definition) is 2. The summed E-state index contributed by atoms with van der Waals surface area (Å²) in [6.07, 6.45) is 5.92. The molecular formula is C13H21N3O2. The summed E-state index contributed by atoms with van der Waals surface area (Å²) in [5, 5.41) is 6.24. The summed E-state index contributed by atoms with van der Waals surface area (Å²) >= 11 is 0. The summed E-state index contributed by atoms with van der Waals surface area (Å²) in [7, 11) is 0. The van der Waals surface area contributed by atoms with Crippen molar-refractivity contribution in [3.8, 4) is 0 Å². The lowest BCUT2D eigenvalue weighted by Crippen LogP contribution is -2.51. The molecule has 1 unspecified atom stereocenters. The molecule has 2 heterocycles.